The average Bonchev–Trinajstić information content (AvgIpc) is 2.58. The van der Waals surface area contributed by atoms with Crippen LogP contribution in [-0.4, -0.2) is 4.98 Å². The molecular weight excluding hydrogens is 116 g/mol. The van der Waals surface area contributed by atoms with E-state index in [1.165, 1.54) is 12.8 Å². The van der Waals surface area contributed by atoms with Gasteiger partial charge >= 0.3 is 0 Å². The highest BCUT2D eigenvalue weighted by atomic mass is 16.4. The molecular formula is C6H8N2O. The Hall–Kier alpha value is -0.990. The summed E-state index contributed by atoms with van der Waals surface area (Å²) in [5.41, 5.74) is 6.29. The van der Waals surface area contributed by atoms with Gasteiger partial charge < -0.3 is 10.2 Å². The number of nitrogens with zero attached hydrogens (tertiary/aromatic N) is 1. The minimum Gasteiger partial charge on any atom is -0.432 e. The molecule has 0 radical (unpaired) electrons. The van der Waals surface area contributed by atoms with Crippen LogP contribution >= 0.6 is 0 Å². The monoisotopic (exact) mass is 124 g/mol. The molecule has 0 atom stereocenters. The van der Waals surface area contributed by atoms with Crippen LogP contribution in [0.25, 0.3) is 0 Å². The van der Waals surface area contributed by atoms with Crippen molar-refractivity contribution in [3.8, 4) is 0 Å². The number of nitrogens with two attached hydrogens (primary N) is 1. The van der Waals surface area contributed by atoms with Crippen LogP contribution in [-0.2, 0) is 0 Å². The number of hydrogen-bond acceptors (Lipinski definition) is 3. The Morgan fingerprint density at radius 2 is 2.44 bits per heavy atom. The molecule has 3 heteroatoms. The van der Waals surface area contributed by atoms with Crippen molar-refractivity contribution in [2.45, 2.75) is 18.8 Å². The molecule has 1 aromatic heterocycles. The number of anilines is 1. The van der Waals surface area contributed by atoms with Gasteiger partial charge in [-0.1, -0.05) is 0 Å². The molecule has 1 aromatic rings. The molecule has 0 bridgehead atoms. The van der Waals surface area contributed by atoms with Crippen molar-refractivity contribution < 1.29 is 4.42 Å². The van der Waals surface area contributed by atoms with E-state index in [0.29, 0.717) is 5.92 Å². The molecule has 3 nitrogen and oxygen atoms in total. The van der Waals surface area contributed by atoms with Gasteiger partial charge in [-0.2, -0.15) is 4.98 Å². The molecule has 0 unspecified atom stereocenters. The smallest absolute Gasteiger partial charge is 0.292 e. The van der Waals surface area contributed by atoms with Gasteiger partial charge in [0.2, 0.25) is 0 Å². The summed E-state index contributed by atoms with van der Waals surface area (Å²) < 4.78 is 4.83. The minimum absolute atomic E-state index is 0.289. The van der Waals surface area contributed by atoms with Gasteiger partial charge in [0.1, 0.15) is 6.26 Å². The van der Waals surface area contributed by atoms with E-state index in [0.717, 1.165) is 5.69 Å². The molecule has 2 rings (SSSR count). The third-order valence-corrected chi connectivity index (χ3v) is 1.54. The summed E-state index contributed by atoms with van der Waals surface area (Å²) in [6.07, 6.45) is 4.13. The molecule has 0 saturated heterocycles. The van der Waals surface area contributed by atoms with Crippen molar-refractivity contribution in [3.63, 3.8) is 0 Å². The van der Waals surface area contributed by atoms with Crippen molar-refractivity contribution in [1.82, 2.24) is 4.98 Å². The van der Waals surface area contributed by atoms with E-state index in [4.69, 9.17) is 10.2 Å². The van der Waals surface area contributed by atoms with Gasteiger partial charge in [0.25, 0.3) is 6.01 Å². The largest absolute Gasteiger partial charge is 0.432 e. The third kappa shape index (κ3) is 0.781. The minimum atomic E-state index is 0.289. The van der Waals surface area contributed by atoms with Crippen LogP contribution < -0.4 is 5.73 Å². The molecule has 0 amide bonds. The second-order valence-electron chi connectivity index (χ2n) is 2.38. The summed E-state index contributed by atoms with van der Waals surface area (Å²) in [5.74, 6) is 0.644. The fourth-order valence-corrected chi connectivity index (χ4v) is 0.867. The van der Waals surface area contributed by atoms with Crippen LogP contribution in [0.5, 0.6) is 0 Å². The zero-order valence-corrected chi connectivity index (χ0v) is 5.00. The normalized spacial score (nSPS) is 18.2. The highest BCUT2D eigenvalue weighted by Gasteiger charge is 2.26. The predicted molar refractivity (Wildman–Crippen MR) is 32.9 cm³/mol. The molecule has 0 spiro atoms. The van der Waals surface area contributed by atoms with Crippen LogP contribution in [0.2, 0.25) is 0 Å². The van der Waals surface area contributed by atoms with Crippen molar-refractivity contribution in [2.24, 2.45) is 0 Å². The van der Waals surface area contributed by atoms with Crippen molar-refractivity contribution in [1.29, 1.82) is 0 Å². The van der Waals surface area contributed by atoms with Crippen LogP contribution in [0, 0.1) is 0 Å². The summed E-state index contributed by atoms with van der Waals surface area (Å²) >= 11 is 0. The number of nitrogen functional groups attached to an aromatic ring is 1. The highest BCUT2D eigenvalue weighted by Crippen LogP contribution is 2.39. The number of hydrogen-bond donors (Lipinski definition) is 1. The molecule has 2 N–H and O–H groups in total. The van der Waals surface area contributed by atoms with Gasteiger partial charge in [-0.3, -0.25) is 0 Å². The standard InChI is InChI=1S/C6H8N2O/c7-6-8-5(3-9-6)4-1-2-4/h3-4H,1-2H2,(H2,7,8). The fourth-order valence-electron chi connectivity index (χ4n) is 0.867. The maximum atomic E-state index is 5.27. The predicted octanol–water partition coefficient (Wildman–Crippen LogP) is 1.13. The molecule has 0 aliphatic heterocycles. The van der Waals surface area contributed by atoms with E-state index in [2.05, 4.69) is 4.98 Å². The average molecular weight is 124 g/mol. The third-order valence-electron chi connectivity index (χ3n) is 1.54. The Balaban J connectivity index is 2.28. The summed E-state index contributed by atoms with van der Waals surface area (Å²) in [6.45, 7) is 0. The zero-order chi connectivity index (χ0) is 6.27. The molecule has 48 valence electrons. The fraction of sp³-hybridized carbons (Fsp3) is 0.500. The number of oxazole rings is 1. The Labute approximate surface area is 52.9 Å². The molecule has 1 saturated carbocycles. The zero-order valence-electron chi connectivity index (χ0n) is 5.00. The Bertz CT molecular complexity index is 215. The van der Waals surface area contributed by atoms with E-state index < -0.39 is 0 Å². The van der Waals surface area contributed by atoms with Crippen molar-refractivity contribution in [2.75, 3.05) is 5.73 Å². The number of rotatable bonds is 1. The molecule has 1 fully saturated rings. The van der Waals surface area contributed by atoms with Gasteiger partial charge in [0.05, 0.1) is 5.69 Å². The van der Waals surface area contributed by atoms with E-state index in [1.54, 1.807) is 6.26 Å². The Morgan fingerprint density at radius 1 is 1.67 bits per heavy atom. The van der Waals surface area contributed by atoms with Gasteiger partial charge in [-0.15, -0.1) is 0 Å². The Morgan fingerprint density at radius 3 is 2.89 bits per heavy atom. The summed E-state index contributed by atoms with van der Waals surface area (Å²) in [4.78, 5) is 3.98. The SMILES string of the molecule is Nc1nc(C2CC2)co1. The van der Waals surface area contributed by atoms with Crippen LogP contribution in [0.1, 0.15) is 24.5 Å². The summed E-state index contributed by atoms with van der Waals surface area (Å²) in [6, 6.07) is 0.289. The Kier molecular flexibility index (Phi) is 0.806. The van der Waals surface area contributed by atoms with Crippen molar-refractivity contribution >= 4 is 6.01 Å². The van der Waals surface area contributed by atoms with Crippen LogP contribution in [0.4, 0.5) is 6.01 Å². The lowest BCUT2D eigenvalue weighted by molar-refractivity contribution is 0.578. The maximum absolute atomic E-state index is 5.27. The number of aromatic nitrogens is 1. The molecule has 1 heterocycles. The quantitative estimate of drug-likeness (QED) is 0.610. The lowest BCUT2D eigenvalue weighted by atomic mass is 10.3. The topological polar surface area (TPSA) is 52.0 Å². The first-order chi connectivity index (χ1) is 4.36. The van der Waals surface area contributed by atoms with E-state index in [-0.39, 0.29) is 6.01 Å². The maximum Gasteiger partial charge on any atom is 0.292 e. The van der Waals surface area contributed by atoms with E-state index in [1.807, 2.05) is 0 Å². The lowest BCUT2D eigenvalue weighted by Crippen LogP contribution is -1.83. The van der Waals surface area contributed by atoms with E-state index in [9.17, 15) is 0 Å². The molecule has 9 heavy (non-hydrogen) atoms. The van der Waals surface area contributed by atoms with Gasteiger partial charge in [-0.25, -0.2) is 0 Å². The second kappa shape index (κ2) is 1.50. The van der Waals surface area contributed by atoms with Crippen LogP contribution in [0.15, 0.2) is 10.7 Å². The van der Waals surface area contributed by atoms with Gasteiger partial charge in [-0.05, 0) is 12.8 Å². The van der Waals surface area contributed by atoms with Crippen LogP contribution in [0.3, 0.4) is 0 Å². The van der Waals surface area contributed by atoms with Gasteiger partial charge in [0, 0.05) is 5.92 Å². The second-order valence-corrected chi connectivity index (χ2v) is 2.38. The van der Waals surface area contributed by atoms with E-state index >= 15 is 0 Å². The van der Waals surface area contributed by atoms with Crippen molar-refractivity contribution in [3.05, 3.63) is 12.0 Å². The first-order valence-electron chi connectivity index (χ1n) is 3.07. The molecule has 0 aromatic carbocycles. The lowest BCUT2D eigenvalue weighted by Gasteiger charge is -1.79. The molecule has 1 aliphatic rings. The first-order valence-corrected chi connectivity index (χ1v) is 3.07. The summed E-state index contributed by atoms with van der Waals surface area (Å²) in [5, 5.41) is 0. The highest BCUT2D eigenvalue weighted by molar-refractivity contribution is 5.18. The van der Waals surface area contributed by atoms with Gasteiger partial charge in [0.15, 0.2) is 0 Å². The molecule has 1 aliphatic carbocycles. The summed E-state index contributed by atoms with van der Waals surface area (Å²) in [7, 11) is 0. The first kappa shape index (κ1) is 4.85.